The molecule has 1 aliphatic heterocycles. The molecule has 1 N–H and O–H groups in total. The van der Waals surface area contributed by atoms with Crippen LogP contribution in [0.3, 0.4) is 0 Å². The molecule has 1 aliphatic carbocycles. The van der Waals surface area contributed by atoms with Crippen LogP contribution in [0.4, 0.5) is 10.1 Å². The smallest absolute Gasteiger partial charge is 0.254 e. The van der Waals surface area contributed by atoms with E-state index in [1.165, 1.54) is 12.1 Å². The molecule has 2 unspecified atom stereocenters. The average molecular weight is 382 g/mol. The van der Waals surface area contributed by atoms with Gasteiger partial charge in [0.15, 0.2) is 0 Å². The molecule has 28 heavy (non-hydrogen) atoms. The number of nitrogens with zero attached hydrogens (tertiary/aromatic N) is 1. The fourth-order valence-corrected chi connectivity index (χ4v) is 3.76. The molecule has 146 valence electrons. The van der Waals surface area contributed by atoms with Crippen molar-refractivity contribution in [2.24, 2.45) is 5.92 Å². The van der Waals surface area contributed by atoms with Crippen molar-refractivity contribution in [3.8, 4) is 0 Å². The van der Waals surface area contributed by atoms with Gasteiger partial charge in [0.05, 0.1) is 13.2 Å². The summed E-state index contributed by atoms with van der Waals surface area (Å²) in [5, 5.41) is 2.96. The fraction of sp³-hybridized carbons (Fsp3) is 0.364. The quantitative estimate of drug-likeness (QED) is 0.882. The number of rotatable bonds is 4. The minimum Gasteiger partial charge on any atom is -0.378 e. The molecule has 0 radical (unpaired) electrons. The summed E-state index contributed by atoms with van der Waals surface area (Å²) in [7, 11) is 0. The van der Waals surface area contributed by atoms with E-state index in [0.29, 0.717) is 44.0 Å². The van der Waals surface area contributed by atoms with Crippen LogP contribution in [0, 0.1) is 18.7 Å². The van der Waals surface area contributed by atoms with Gasteiger partial charge in [-0.2, -0.15) is 0 Å². The molecule has 0 aromatic heterocycles. The minimum absolute atomic E-state index is 0.0408. The predicted molar refractivity (Wildman–Crippen MR) is 104 cm³/mol. The Kier molecular flexibility index (Phi) is 5.13. The van der Waals surface area contributed by atoms with E-state index in [-0.39, 0.29) is 29.5 Å². The van der Waals surface area contributed by atoms with E-state index >= 15 is 0 Å². The number of hydrogen-bond acceptors (Lipinski definition) is 3. The van der Waals surface area contributed by atoms with Crippen LogP contribution < -0.4 is 5.32 Å². The summed E-state index contributed by atoms with van der Waals surface area (Å²) in [6.07, 6.45) is 0.709. The molecule has 6 heteroatoms. The number of anilines is 1. The van der Waals surface area contributed by atoms with E-state index in [1.807, 2.05) is 19.1 Å². The number of ether oxygens (including phenoxy) is 1. The van der Waals surface area contributed by atoms with E-state index in [9.17, 15) is 14.0 Å². The van der Waals surface area contributed by atoms with Crippen LogP contribution >= 0.6 is 0 Å². The van der Waals surface area contributed by atoms with Crippen molar-refractivity contribution in [1.82, 2.24) is 4.90 Å². The van der Waals surface area contributed by atoms with E-state index in [2.05, 4.69) is 5.32 Å². The van der Waals surface area contributed by atoms with Crippen molar-refractivity contribution in [3.05, 3.63) is 65.0 Å². The van der Waals surface area contributed by atoms with Crippen molar-refractivity contribution >= 4 is 17.5 Å². The Labute approximate surface area is 163 Å². The molecular formula is C22H23FN2O3. The van der Waals surface area contributed by atoms with Gasteiger partial charge in [-0.15, -0.1) is 0 Å². The topological polar surface area (TPSA) is 58.6 Å². The maximum atomic E-state index is 13.4. The largest absolute Gasteiger partial charge is 0.378 e. The van der Waals surface area contributed by atoms with Crippen LogP contribution in [-0.4, -0.2) is 43.0 Å². The first-order valence-electron chi connectivity index (χ1n) is 9.57. The molecule has 2 aromatic carbocycles. The maximum absolute atomic E-state index is 13.4. The molecule has 2 aliphatic rings. The van der Waals surface area contributed by atoms with E-state index in [1.54, 1.807) is 23.1 Å². The van der Waals surface area contributed by atoms with Gasteiger partial charge >= 0.3 is 0 Å². The van der Waals surface area contributed by atoms with Gasteiger partial charge in [-0.25, -0.2) is 4.39 Å². The Bertz CT molecular complexity index is 908. The van der Waals surface area contributed by atoms with Crippen LogP contribution in [-0.2, 0) is 9.53 Å². The van der Waals surface area contributed by atoms with Gasteiger partial charge in [0, 0.05) is 30.3 Å². The fourth-order valence-electron chi connectivity index (χ4n) is 3.76. The van der Waals surface area contributed by atoms with E-state index in [4.69, 9.17) is 4.74 Å². The lowest BCUT2D eigenvalue weighted by Gasteiger charge is -2.27. The first-order valence-corrected chi connectivity index (χ1v) is 9.57. The number of morpholine rings is 1. The molecule has 5 nitrogen and oxygen atoms in total. The molecule has 0 bridgehead atoms. The van der Waals surface area contributed by atoms with Crippen molar-refractivity contribution in [2.45, 2.75) is 19.3 Å². The average Bonchev–Trinajstić information content (AvgIpc) is 3.51. The summed E-state index contributed by atoms with van der Waals surface area (Å²) in [5.74, 6) is -0.531. The van der Waals surface area contributed by atoms with E-state index in [0.717, 1.165) is 11.1 Å². The molecule has 1 heterocycles. The normalized spacial score (nSPS) is 21.3. The number of nitrogens with one attached hydrogen (secondary N) is 1. The highest BCUT2D eigenvalue weighted by Gasteiger charge is 2.44. The molecule has 1 saturated carbocycles. The van der Waals surface area contributed by atoms with Gasteiger partial charge in [-0.1, -0.05) is 18.2 Å². The lowest BCUT2D eigenvalue weighted by molar-refractivity contribution is -0.117. The second kappa shape index (κ2) is 7.72. The van der Waals surface area contributed by atoms with Gasteiger partial charge in [0.1, 0.15) is 5.82 Å². The number of carbonyl (C=O) groups excluding carboxylic acids is 2. The van der Waals surface area contributed by atoms with Crippen molar-refractivity contribution in [1.29, 1.82) is 0 Å². The highest BCUT2D eigenvalue weighted by Crippen LogP contribution is 2.48. The number of carbonyl (C=O) groups is 2. The van der Waals surface area contributed by atoms with Crippen molar-refractivity contribution in [2.75, 3.05) is 31.6 Å². The lowest BCUT2D eigenvalue weighted by Crippen LogP contribution is -2.41. The zero-order valence-corrected chi connectivity index (χ0v) is 15.8. The molecule has 2 aromatic rings. The highest BCUT2D eigenvalue weighted by atomic mass is 19.1. The lowest BCUT2D eigenvalue weighted by atomic mass is 10.0. The highest BCUT2D eigenvalue weighted by molar-refractivity contribution is 6.00. The molecule has 2 amide bonds. The van der Waals surface area contributed by atoms with Crippen LogP contribution in [0.2, 0.25) is 0 Å². The molecule has 2 atom stereocenters. The zero-order valence-electron chi connectivity index (χ0n) is 15.8. The van der Waals surface area contributed by atoms with Gasteiger partial charge in [0.2, 0.25) is 5.91 Å². The summed E-state index contributed by atoms with van der Waals surface area (Å²) < 4.78 is 18.7. The van der Waals surface area contributed by atoms with Crippen molar-refractivity contribution < 1.29 is 18.7 Å². The first-order chi connectivity index (χ1) is 13.5. The summed E-state index contributed by atoms with van der Waals surface area (Å²) in [4.78, 5) is 27.2. The number of halogens is 1. The van der Waals surface area contributed by atoms with Crippen LogP contribution in [0.15, 0.2) is 42.5 Å². The van der Waals surface area contributed by atoms with Gasteiger partial charge in [-0.3, -0.25) is 9.59 Å². The van der Waals surface area contributed by atoms with Crippen LogP contribution in [0.5, 0.6) is 0 Å². The van der Waals surface area contributed by atoms with Gasteiger partial charge in [0.25, 0.3) is 5.91 Å². The Balaban J connectivity index is 1.45. The third-order valence-electron chi connectivity index (χ3n) is 5.52. The SMILES string of the molecule is Cc1c(NC(=O)C2CC2c2cccc(F)c2)cccc1C(=O)N1CCOCC1. The molecule has 1 saturated heterocycles. The molecule has 4 rings (SSSR count). The monoisotopic (exact) mass is 382 g/mol. The minimum atomic E-state index is -0.284. The predicted octanol–water partition coefficient (Wildman–Crippen LogP) is 3.35. The van der Waals surface area contributed by atoms with Gasteiger partial charge < -0.3 is 15.0 Å². The Morgan fingerprint density at radius 3 is 2.64 bits per heavy atom. The first kappa shape index (κ1) is 18.6. The van der Waals surface area contributed by atoms with Crippen LogP contribution in [0.25, 0.3) is 0 Å². The zero-order chi connectivity index (χ0) is 19.7. The summed E-state index contributed by atoms with van der Waals surface area (Å²) in [6, 6.07) is 11.8. The van der Waals surface area contributed by atoms with Crippen molar-refractivity contribution in [3.63, 3.8) is 0 Å². The second-order valence-electron chi connectivity index (χ2n) is 7.38. The number of hydrogen-bond donors (Lipinski definition) is 1. The Morgan fingerprint density at radius 1 is 1.14 bits per heavy atom. The number of amides is 2. The summed E-state index contributed by atoms with van der Waals surface area (Å²) in [6.45, 7) is 4.09. The molecule has 0 spiro atoms. The third-order valence-corrected chi connectivity index (χ3v) is 5.52. The molecular weight excluding hydrogens is 359 g/mol. The van der Waals surface area contributed by atoms with E-state index < -0.39 is 0 Å². The second-order valence-corrected chi connectivity index (χ2v) is 7.38. The van der Waals surface area contributed by atoms with Gasteiger partial charge in [-0.05, 0) is 54.7 Å². The summed E-state index contributed by atoms with van der Waals surface area (Å²) in [5.41, 5.74) is 2.86. The standard InChI is InChI=1S/C22H23FN2O3/c1-14-17(22(27)25-8-10-28-11-9-25)6-3-7-20(14)24-21(26)19-13-18(19)15-4-2-5-16(23)12-15/h2-7,12,18-19H,8-11,13H2,1H3,(H,24,26). The maximum Gasteiger partial charge on any atom is 0.254 e. The molecule has 2 fully saturated rings. The third kappa shape index (κ3) is 3.78. The Hall–Kier alpha value is -2.73. The van der Waals surface area contributed by atoms with Crippen LogP contribution in [0.1, 0.15) is 33.8 Å². The Morgan fingerprint density at radius 2 is 1.89 bits per heavy atom. The number of benzene rings is 2. The summed E-state index contributed by atoms with van der Waals surface area (Å²) >= 11 is 0.